The molecule has 0 aromatic carbocycles. The van der Waals surface area contributed by atoms with Crippen molar-refractivity contribution in [2.75, 3.05) is 44.4 Å². The third-order valence-electron chi connectivity index (χ3n) is 3.82. The molecular formula is C14H21N5. The number of hydrogen-bond acceptors (Lipinski definition) is 5. The predicted molar refractivity (Wildman–Crippen MR) is 76.9 cm³/mol. The second-order valence-corrected chi connectivity index (χ2v) is 5.33. The average Bonchev–Trinajstić information content (AvgIpc) is 2.41. The highest BCUT2D eigenvalue weighted by Gasteiger charge is 2.20. The molecule has 0 radical (unpaired) electrons. The lowest BCUT2D eigenvalue weighted by atomic mass is 9.96. The molecule has 102 valence electrons. The van der Waals surface area contributed by atoms with E-state index in [1.165, 1.54) is 12.8 Å². The van der Waals surface area contributed by atoms with Crippen molar-refractivity contribution in [1.82, 2.24) is 9.88 Å². The Morgan fingerprint density at radius 1 is 1.53 bits per heavy atom. The smallest absolute Gasteiger partial charge is 0.152 e. The first-order valence-electron chi connectivity index (χ1n) is 6.66. The number of piperidine rings is 1. The molecule has 1 aromatic heterocycles. The Morgan fingerprint density at radius 2 is 2.21 bits per heavy atom. The normalized spacial score (nSPS) is 17.1. The lowest BCUT2D eigenvalue weighted by molar-refractivity contribution is 0.222. The fraction of sp³-hybridized carbons (Fsp3) is 0.571. The Kier molecular flexibility index (Phi) is 4.23. The second-order valence-electron chi connectivity index (χ2n) is 5.33. The molecule has 1 saturated heterocycles. The van der Waals surface area contributed by atoms with Gasteiger partial charge >= 0.3 is 0 Å². The van der Waals surface area contributed by atoms with Crippen LogP contribution in [0.4, 0.5) is 11.5 Å². The quantitative estimate of drug-likeness (QED) is 0.886. The number of aromatic nitrogens is 1. The van der Waals surface area contributed by atoms with Gasteiger partial charge in [-0.15, -0.1) is 0 Å². The van der Waals surface area contributed by atoms with Gasteiger partial charge in [0.1, 0.15) is 6.07 Å². The summed E-state index contributed by atoms with van der Waals surface area (Å²) in [4.78, 5) is 8.74. The van der Waals surface area contributed by atoms with E-state index in [9.17, 15) is 0 Å². The number of nitriles is 1. The van der Waals surface area contributed by atoms with Crippen LogP contribution in [0.15, 0.2) is 12.3 Å². The van der Waals surface area contributed by atoms with Crippen LogP contribution in [0.3, 0.4) is 0 Å². The molecule has 0 unspecified atom stereocenters. The predicted octanol–water partition coefficient (Wildman–Crippen LogP) is 1.31. The Bertz CT molecular complexity index is 471. The fourth-order valence-electron chi connectivity index (χ4n) is 2.58. The summed E-state index contributed by atoms with van der Waals surface area (Å²) in [5, 5.41) is 8.99. The van der Waals surface area contributed by atoms with E-state index in [0.29, 0.717) is 17.2 Å². The number of nitrogens with zero attached hydrogens (tertiary/aromatic N) is 4. The van der Waals surface area contributed by atoms with E-state index in [4.69, 9.17) is 11.0 Å². The molecule has 1 aliphatic rings. The third-order valence-corrected chi connectivity index (χ3v) is 3.82. The molecule has 0 aliphatic carbocycles. The second kappa shape index (κ2) is 5.89. The minimum absolute atomic E-state index is 0.487. The molecule has 0 spiro atoms. The molecule has 19 heavy (non-hydrogen) atoms. The molecule has 0 atom stereocenters. The minimum atomic E-state index is 0.487. The van der Waals surface area contributed by atoms with Gasteiger partial charge in [-0.3, -0.25) is 0 Å². The van der Waals surface area contributed by atoms with Crippen molar-refractivity contribution in [2.24, 2.45) is 5.92 Å². The molecule has 5 heteroatoms. The van der Waals surface area contributed by atoms with Gasteiger partial charge < -0.3 is 15.5 Å². The van der Waals surface area contributed by atoms with E-state index < -0.39 is 0 Å². The summed E-state index contributed by atoms with van der Waals surface area (Å²) < 4.78 is 0. The molecule has 0 bridgehead atoms. The van der Waals surface area contributed by atoms with Crippen molar-refractivity contribution in [3.05, 3.63) is 17.8 Å². The summed E-state index contributed by atoms with van der Waals surface area (Å²) in [6.45, 7) is 3.25. The van der Waals surface area contributed by atoms with Gasteiger partial charge in [-0.05, 0) is 45.0 Å². The van der Waals surface area contributed by atoms with Crippen molar-refractivity contribution >= 4 is 11.5 Å². The van der Waals surface area contributed by atoms with Gasteiger partial charge in [0.05, 0.1) is 11.3 Å². The number of hydrogen-bond donors (Lipinski definition) is 1. The minimum Gasteiger partial charge on any atom is -0.395 e. The zero-order valence-electron chi connectivity index (χ0n) is 11.6. The Labute approximate surface area is 114 Å². The molecule has 2 heterocycles. The maximum atomic E-state index is 8.99. The Balaban J connectivity index is 2.04. The van der Waals surface area contributed by atoms with Crippen LogP contribution in [0.1, 0.15) is 18.4 Å². The zero-order valence-corrected chi connectivity index (χ0v) is 11.6. The molecule has 0 saturated carbocycles. The monoisotopic (exact) mass is 259 g/mol. The van der Waals surface area contributed by atoms with E-state index in [1.807, 2.05) is 7.05 Å². The summed E-state index contributed by atoms with van der Waals surface area (Å²) in [6.07, 6.45) is 4.06. The molecule has 5 nitrogen and oxygen atoms in total. The van der Waals surface area contributed by atoms with E-state index in [2.05, 4.69) is 27.9 Å². The topological polar surface area (TPSA) is 69.2 Å². The van der Waals surface area contributed by atoms with Crippen LogP contribution in [0.25, 0.3) is 0 Å². The lowest BCUT2D eigenvalue weighted by Gasteiger charge is -2.32. The Hall–Kier alpha value is -1.80. The number of nitrogen functional groups attached to an aromatic ring is 1. The molecule has 1 aromatic rings. The molecule has 2 rings (SSSR count). The van der Waals surface area contributed by atoms with Crippen molar-refractivity contribution in [3.8, 4) is 6.07 Å². The SMILES string of the molecule is CN1CCC(CN(C)c2nccc(C#N)c2N)CC1. The largest absolute Gasteiger partial charge is 0.395 e. The first kappa shape index (κ1) is 13.6. The van der Waals surface area contributed by atoms with E-state index in [0.717, 1.165) is 25.5 Å². The van der Waals surface area contributed by atoms with Gasteiger partial charge in [0.15, 0.2) is 5.82 Å². The van der Waals surface area contributed by atoms with Crippen LogP contribution >= 0.6 is 0 Å². The van der Waals surface area contributed by atoms with Crippen LogP contribution < -0.4 is 10.6 Å². The number of nitrogens with two attached hydrogens (primary N) is 1. The zero-order chi connectivity index (χ0) is 13.8. The average molecular weight is 259 g/mol. The highest BCUT2D eigenvalue weighted by atomic mass is 15.2. The van der Waals surface area contributed by atoms with Crippen LogP contribution in [-0.2, 0) is 0 Å². The number of pyridine rings is 1. The van der Waals surface area contributed by atoms with Gasteiger partial charge in [-0.2, -0.15) is 5.26 Å². The van der Waals surface area contributed by atoms with Crippen molar-refractivity contribution < 1.29 is 0 Å². The van der Waals surface area contributed by atoms with Crippen molar-refractivity contribution in [1.29, 1.82) is 5.26 Å². The van der Waals surface area contributed by atoms with E-state index in [-0.39, 0.29) is 0 Å². The van der Waals surface area contributed by atoms with Crippen LogP contribution in [0, 0.1) is 17.2 Å². The number of rotatable bonds is 3. The molecule has 2 N–H and O–H groups in total. The summed E-state index contributed by atoms with van der Waals surface area (Å²) in [5.74, 6) is 1.39. The molecular weight excluding hydrogens is 238 g/mol. The maximum Gasteiger partial charge on any atom is 0.152 e. The van der Waals surface area contributed by atoms with Crippen LogP contribution in [-0.4, -0.2) is 43.6 Å². The van der Waals surface area contributed by atoms with Gasteiger partial charge in [0, 0.05) is 19.8 Å². The molecule has 1 aliphatic heterocycles. The maximum absolute atomic E-state index is 8.99. The summed E-state index contributed by atoms with van der Waals surface area (Å²) in [5.41, 5.74) is 6.97. The molecule has 0 amide bonds. The number of anilines is 2. The van der Waals surface area contributed by atoms with E-state index in [1.54, 1.807) is 12.3 Å². The van der Waals surface area contributed by atoms with Gasteiger partial charge in [-0.25, -0.2) is 4.98 Å². The standard InChI is InChI=1S/C14H21N5/c1-18-7-4-11(5-8-18)10-19(2)14-13(16)12(9-15)3-6-17-14/h3,6,11H,4-5,7-8,10,16H2,1-2H3. The van der Waals surface area contributed by atoms with Crippen LogP contribution in [0.2, 0.25) is 0 Å². The first-order valence-corrected chi connectivity index (χ1v) is 6.66. The summed E-state index contributed by atoms with van der Waals surface area (Å²) in [7, 11) is 4.16. The first-order chi connectivity index (χ1) is 9.11. The fourth-order valence-corrected chi connectivity index (χ4v) is 2.58. The summed E-state index contributed by atoms with van der Waals surface area (Å²) in [6, 6.07) is 3.76. The molecule has 1 fully saturated rings. The lowest BCUT2D eigenvalue weighted by Crippen LogP contribution is -2.36. The highest BCUT2D eigenvalue weighted by Crippen LogP contribution is 2.25. The van der Waals surface area contributed by atoms with Gasteiger partial charge in [0.25, 0.3) is 0 Å². The van der Waals surface area contributed by atoms with Crippen LogP contribution in [0.5, 0.6) is 0 Å². The highest BCUT2D eigenvalue weighted by molar-refractivity contribution is 5.69. The Morgan fingerprint density at radius 3 is 2.84 bits per heavy atom. The van der Waals surface area contributed by atoms with Gasteiger partial charge in [-0.1, -0.05) is 0 Å². The van der Waals surface area contributed by atoms with Gasteiger partial charge in [0.2, 0.25) is 0 Å². The van der Waals surface area contributed by atoms with E-state index >= 15 is 0 Å². The third kappa shape index (κ3) is 3.15. The van der Waals surface area contributed by atoms with Crippen molar-refractivity contribution in [3.63, 3.8) is 0 Å². The number of likely N-dealkylation sites (tertiary alicyclic amines) is 1. The summed E-state index contributed by atoms with van der Waals surface area (Å²) >= 11 is 0. The van der Waals surface area contributed by atoms with Crippen molar-refractivity contribution in [2.45, 2.75) is 12.8 Å².